The molecule has 0 fully saturated rings. The highest BCUT2D eigenvalue weighted by Gasteiger charge is 2.14. The summed E-state index contributed by atoms with van der Waals surface area (Å²) >= 11 is 0. The Morgan fingerprint density at radius 3 is 2.82 bits per heavy atom. The Kier molecular flexibility index (Phi) is 2.31. The zero-order valence-electron chi connectivity index (χ0n) is 8.93. The number of aromatic nitrogens is 4. The van der Waals surface area contributed by atoms with E-state index >= 15 is 0 Å². The van der Waals surface area contributed by atoms with Gasteiger partial charge in [0.05, 0.1) is 17.9 Å². The zero-order chi connectivity index (χ0) is 11.7. The molecular formula is C12H10N4O. The van der Waals surface area contributed by atoms with Crippen molar-refractivity contribution in [1.29, 1.82) is 0 Å². The molecule has 0 spiro atoms. The minimum Gasteiger partial charge on any atom is -0.367 e. The van der Waals surface area contributed by atoms with Crippen molar-refractivity contribution < 1.29 is 5.11 Å². The molecule has 1 atom stereocenters. The van der Waals surface area contributed by atoms with Crippen LogP contribution in [0.15, 0.2) is 49.1 Å². The number of nitrogens with zero attached hydrogens (tertiary/aromatic N) is 4. The second-order valence-corrected chi connectivity index (χ2v) is 3.65. The maximum Gasteiger partial charge on any atom is 0.192 e. The number of aliphatic hydroxyl groups excluding tert-OH is 1. The Morgan fingerprint density at radius 1 is 1.12 bits per heavy atom. The number of para-hydroxylation sites is 1. The fraction of sp³-hybridized carbons (Fsp3) is 0.0833. The van der Waals surface area contributed by atoms with Crippen molar-refractivity contribution in [3.05, 3.63) is 54.7 Å². The summed E-state index contributed by atoms with van der Waals surface area (Å²) in [5, 5.41) is 15.3. The van der Waals surface area contributed by atoms with Crippen LogP contribution in [0.4, 0.5) is 0 Å². The highest BCUT2D eigenvalue weighted by Crippen LogP contribution is 2.19. The van der Waals surface area contributed by atoms with E-state index in [2.05, 4.69) is 15.1 Å². The Hall–Kier alpha value is -2.27. The van der Waals surface area contributed by atoms with Gasteiger partial charge in [0.2, 0.25) is 0 Å². The second-order valence-electron chi connectivity index (χ2n) is 3.65. The van der Waals surface area contributed by atoms with Gasteiger partial charge in [-0.1, -0.05) is 18.2 Å². The molecule has 3 aromatic rings. The minimum absolute atomic E-state index is 0.473. The lowest BCUT2D eigenvalue weighted by molar-refractivity contribution is 0.132. The van der Waals surface area contributed by atoms with Crippen LogP contribution < -0.4 is 0 Å². The Balaban J connectivity index is 2.10. The lowest BCUT2D eigenvalue weighted by Gasteiger charge is -2.10. The molecule has 2 aromatic heterocycles. The van der Waals surface area contributed by atoms with Gasteiger partial charge >= 0.3 is 0 Å². The largest absolute Gasteiger partial charge is 0.367 e. The molecule has 1 aromatic carbocycles. The van der Waals surface area contributed by atoms with Crippen molar-refractivity contribution in [1.82, 2.24) is 19.7 Å². The van der Waals surface area contributed by atoms with Crippen molar-refractivity contribution in [3.8, 4) is 0 Å². The maximum atomic E-state index is 10.2. The third kappa shape index (κ3) is 1.66. The van der Waals surface area contributed by atoms with Crippen molar-refractivity contribution in [2.75, 3.05) is 0 Å². The summed E-state index contributed by atoms with van der Waals surface area (Å²) in [7, 11) is 0. The summed E-state index contributed by atoms with van der Waals surface area (Å²) in [6.45, 7) is 0. The number of aliphatic hydroxyl groups is 1. The van der Waals surface area contributed by atoms with Crippen LogP contribution in [0, 0.1) is 0 Å². The van der Waals surface area contributed by atoms with Gasteiger partial charge in [0.1, 0.15) is 5.69 Å². The smallest absolute Gasteiger partial charge is 0.192 e. The first-order chi connectivity index (χ1) is 8.36. The summed E-state index contributed by atoms with van der Waals surface area (Å²) in [4.78, 5) is 8.00. The molecule has 1 unspecified atom stereocenters. The van der Waals surface area contributed by atoms with Crippen molar-refractivity contribution in [2.45, 2.75) is 6.23 Å². The molecule has 0 aliphatic heterocycles. The van der Waals surface area contributed by atoms with Crippen molar-refractivity contribution in [3.63, 3.8) is 0 Å². The molecule has 5 nitrogen and oxygen atoms in total. The first kappa shape index (κ1) is 9.92. The Labute approximate surface area is 97.4 Å². The fourth-order valence-electron chi connectivity index (χ4n) is 1.76. The van der Waals surface area contributed by atoms with Crippen LogP contribution in [-0.2, 0) is 0 Å². The average Bonchev–Trinajstić information content (AvgIpc) is 2.83. The van der Waals surface area contributed by atoms with E-state index in [1.54, 1.807) is 18.6 Å². The third-order valence-corrected chi connectivity index (χ3v) is 2.58. The molecule has 0 radical (unpaired) electrons. The lowest BCUT2D eigenvalue weighted by atomic mass is 10.2. The highest BCUT2D eigenvalue weighted by molar-refractivity contribution is 5.78. The van der Waals surface area contributed by atoms with Crippen LogP contribution in [0.25, 0.3) is 10.9 Å². The van der Waals surface area contributed by atoms with Gasteiger partial charge in [0, 0.05) is 17.8 Å². The van der Waals surface area contributed by atoms with E-state index in [0.29, 0.717) is 5.69 Å². The molecule has 2 heterocycles. The molecule has 0 saturated heterocycles. The fourth-order valence-corrected chi connectivity index (χ4v) is 1.76. The van der Waals surface area contributed by atoms with E-state index in [0.717, 1.165) is 10.9 Å². The standard InChI is InChI=1S/C12H10N4O/c17-12(10-8-13-5-6-14-10)16-11-4-2-1-3-9(11)7-15-16/h1-8,12,17H. The molecule has 5 heteroatoms. The average molecular weight is 226 g/mol. The van der Waals surface area contributed by atoms with Crippen molar-refractivity contribution >= 4 is 10.9 Å². The van der Waals surface area contributed by atoms with E-state index < -0.39 is 6.23 Å². The Morgan fingerprint density at radius 2 is 2.00 bits per heavy atom. The predicted octanol–water partition coefficient (Wildman–Crippen LogP) is 1.37. The van der Waals surface area contributed by atoms with Crippen LogP contribution in [0.3, 0.4) is 0 Å². The number of fused-ring (bicyclic) bond motifs is 1. The van der Waals surface area contributed by atoms with Gasteiger partial charge in [-0.25, -0.2) is 4.68 Å². The summed E-state index contributed by atoms with van der Waals surface area (Å²) < 4.78 is 1.53. The number of hydrogen-bond acceptors (Lipinski definition) is 4. The van der Waals surface area contributed by atoms with Gasteiger partial charge in [0.15, 0.2) is 6.23 Å². The van der Waals surface area contributed by atoms with E-state index in [4.69, 9.17) is 0 Å². The normalized spacial score (nSPS) is 12.8. The molecule has 0 bridgehead atoms. The van der Waals surface area contributed by atoms with Gasteiger partial charge in [0.25, 0.3) is 0 Å². The molecule has 0 aliphatic carbocycles. The van der Waals surface area contributed by atoms with Crippen molar-refractivity contribution in [2.24, 2.45) is 0 Å². The van der Waals surface area contributed by atoms with E-state index in [-0.39, 0.29) is 0 Å². The van der Waals surface area contributed by atoms with Gasteiger partial charge in [-0.15, -0.1) is 0 Å². The molecule has 3 rings (SSSR count). The van der Waals surface area contributed by atoms with Crippen LogP contribution >= 0.6 is 0 Å². The third-order valence-electron chi connectivity index (χ3n) is 2.58. The molecule has 84 valence electrons. The summed E-state index contributed by atoms with van der Waals surface area (Å²) in [6.07, 6.45) is 5.45. The maximum absolute atomic E-state index is 10.2. The molecule has 0 saturated carbocycles. The van der Waals surface area contributed by atoms with Crippen LogP contribution in [0.5, 0.6) is 0 Å². The molecule has 0 aliphatic rings. The van der Waals surface area contributed by atoms with E-state index in [9.17, 15) is 5.11 Å². The quantitative estimate of drug-likeness (QED) is 0.716. The number of hydrogen-bond donors (Lipinski definition) is 1. The zero-order valence-corrected chi connectivity index (χ0v) is 8.93. The first-order valence-electron chi connectivity index (χ1n) is 5.22. The summed E-state index contributed by atoms with van der Waals surface area (Å²) in [6, 6.07) is 7.69. The van der Waals surface area contributed by atoms with Gasteiger partial charge in [-0.2, -0.15) is 5.10 Å². The molecular weight excluding hydrogens is 216 g/mol. The van der Waals surface area contributed by atoms with Gasteiger partial charge in [-0.3, -0.25) is 9.97 Å². The second kappa shape index (κ2) is 3.95. The van der Waals surface area contributed by atoms with E-state index in [1.165, 1.54) is 10.9 Å². The topological polar surface area (TPSA) is 63.8 Å². The highest BCUT2D eigenvalue weighted by atomic mass is 16.3. The Bertz CT molecular complexity index is 635. The first-order valence-corrected chi connectivity index (χ1v) is 5.22. The van der Waals surface area contributed by atoms with Gasteiger partial charge < -0.3 is 5.11 Å². The van der Waals surface area contributed by atoms with Crippen LogP contribution in [0.2, 0.25) is 0 Å². The van der Waals surface area contributed by atoms with Crippen LogP contribution in [-0.4, -0.2) is 24.9 Å². The minimum atomic E-state index is -0.913. The predicted molar refractivity (Wildman–Crippen MR) is 62.1 cm³/mol. The molecule has 17 heavy (non-hydrogen) atoms. The number of rotatable bonds is 2. The lowest BCUT2D eigenvalue weighted by Crippen LogP contribution is -2.12. The number of benzene rings is 1. The molecule has 1 N–H and O–H groups in total. The van der Waals surface area contributed by atoms with Gasteiger partial charge in [-0.05, 0) is 6.07 Å². The SMILES string of the molecule is OC(c1cnccn1)n1ncc2ccccc21. The summed E-state index contributed by atoms with van der Waals surface area (Å²) in [5.74, 6) is 0. The molecule has 0 amide bonds. The van der Waals surface area contributed by atoms with E-state index in [1.807, 2.05) is 24.3 Å². The van der Waals surface area contributed by atoms with Crippen LogP contribution in [0.1, 0.15) is 11.9 Å². The summed E-state index contributed by atoms with van der Waals surface area (Å²) in [5.41, 5.74) is 1.34. The monoisotopic (exact) mass is 226 g/mol.